The summed E-state index contributed by atoms with van der Waals surface area (Å²) in [4.78, 5) is 4.07. The van der Waals surface area contributed by atoms with E-state index in [0.717, 1.165) is 0 Å². The van der Waals surface area contributed by atoms with Crippen molar-refractivity contribution in [3.05, 3.63) is 12.3 Å². The SMILES string of the molecule is C=C1N=NC=NC1=S. The van der Waals surface area contributed by atoms with Crippen LogP contribution in [-0.2, 0) is 0 Å². The van der Waals surface area contributed by atoms with E-state index in [0.29, 0.717) is 10.7 Å². The van der Waals surface area contributed by atoms with Gasteiger partial charge in [0.15, 0.2) is 4.99 Å². The lowest BCUT2D eigenvalue weighted by Crippen LogP contribution is -1.94. The van der Waals surface area contributed by atoms with Crippen molar-refractivity contribution in [1.82, 2.24) is 0 Å². The van der Waals surface area contributed by atoms with Crippen molar-refractivity contribution >= 4 is 23.5 Å². The van der Waals surface area contributed by atoms with Crippen LogP contribution in [0.1, 0.15) is 0 Å². The summed E-state index contributed by atoms with van der Waals surface area (Å²) in [6.45, 7) is 3.48. The van der Waals surface area contributed by atoms with E-state index in [1.807, 2.05) is 0 Å². The molecule has 0 N–H and O–H groups in total. The Labute approximate surface area is 51.8 Å². The Hall–Kier alpha value is -0.900. The Morgan fingerprint density at radius 1 is 1.62 bits per heavy atom. The molecule has 1 aliphatic rings. The van der Waals surface area contributed by atoms with Gasteiger partial charge in [-0.05, 0) is 0 Å². The Balaban J connectivity index is 2.89. The Morgan fingerprint density at radius 2 is 2.38 bits per heavy atom. The van der Waals surface area contributed by atoms with Crippen LogP contribution in [0.5, 0.6) is 0 Å². The van der Waals surface area contributed by atoms with E-state index in [1.54, 1.807) is 0 Å². The second-order valence-corrected chi connectivity index (χ2v) is 1.60. The number of nitrogens with zero attached hydrogens (tertiary/aromatic N) is 3. The van der Waals surface area contributed by atoms with E-state index in [9.17, 15) is 0 Å². The predicted molar refractivity (Wildman–Crippen MR) is 35.1 cm³/mol. The molecule has 0 bridgehead atoms. The van der Waals surface area contributed by atoms with Crippen molar-refractivity contribution in [2.24, 2.45) is 15.2 Å². The Bertz CT molecular complexity index is 169. The zero-order valence-corrected chi connectivity index (χ0v) is 4.85. The van der Waals surface area contributed by atoms with Gasteiger partial charge < -0.3 is 0 Å². The maximum atomic E-state index is 4.68. The highest BCUT2D eigenvalue weighted by atomic mass is 32.1. The van der Waals surface area contributed by atoms with Crippen molar-refractivity contribution in [1.29, 1.82) is 0 Å². The second-order valence-electron chi connectivity index (χ2n) is 1.21. The molecule has 0 saturated carbocycles. The molecule has 0 aromatic carbocycles. The maximum absolute atomic E-state index is 4.68. The van der Waals surface area contributed by atoms with Gasteiger partial charge in [0.25, 0.3) is 0 Å². The van der Waals surface area contributed by atoms with E-state index in [4.69, 9.17) is 0 Å². The highest BCUT2D eigenvalue weighted by Gasteiger charge is 1.99. The normalized spacial score (nSPS) is 17.5. The van der Waals surface area contributed by atoms with Gasteiger partial charge in [-0.1, -0.05) is 18.8 Å². The van der Waals surface area contributed by atoms with Gasteiger partial charge >= 0.3 is 0 Å². The molecule has 0 aliphatic carbocycles. The van der Waals surface area contributed by atoms with Crippen LogP contribution in [0.25, 0.3) is 0 Å². The molecule has 0 fully saturated rings. The lowest BCUT2D eigenvalue weighted by molar-refractivity contribution is 1.22. The van der Waals surface area contributed by atoms with E-state index in [2.05, 4.69) is 34.0 Å². The number of thiocarbonyl (C=S) groups is 1. The first-order valence-electron chi connectivity index (χ1n) is 1.97. The van der Waals surface area contributed by atoms with Gasteiger partial charge in [-0.2, -0.15) is 0 Å². The number of rotatable bonds is 0. The molecule has 4 heteroatoms. The Morgan fingerprint density at radius 3 is 2.75 bits per heavy atom. The molecule has 0 spiro atoms. The topological polar surface area (TPSA) is 37.1 Å². The van der Waals surface area contributed by atoms with Crippen molar-refractivity contribution in [2.45, 2.75) is 0 Å². The summed E-state index contributed by atoms with van der Waals surface area (Å²) in [5.41, 5.74) is 0.461. The Kier molecular flexibility index (Phi) is 1.26. The van der Waals surface area contributed by atoms with Gasteiger partial charge in [-0.3, -0.25) is 0 Å². The third-order valence-electron chi connectivity index (χ3n) is 0.652. The first-order valence-corrected chi connectivity index (χ1v) is 2.38. The molecule has 1 rings (SSSR count). The summed E-state index contributed by atoms with van der Waals surface area (Å²) < 4.78 is 0. The van der Waals surface area contributed by atoms with Gasteiger partial charge in [-0.25, -0.2) is 4.99 Å². The smallest absolute Gasteiger partial charge is 0.154 e. The van der Waals surface area contributed by atoms with Crippen molar-refractivity contribution in [3.8, 4) is 0 Å². The van der Waals surface area contributed by atoms with Crippen LogP contribution in [0.15, 0.2) is 27.5 Å². The molecular weight excluding hydrogens is 122 g/mol. The molecule has 0 aromatic rings. The van der Waals surface area contributed by atoms with Crippen LogP contribution in [0, 0.1) is 0 Å². The molecule has 0 saturated heterocycles. The molecule has 8 heavy (non-hydrogen) atoms. The van der Waals surface area contributed by atoms with Crippen LogP contribution in [0.4, 0.5) is 0 Å². The minimum absolute atomic E-state index is 0.417. The first-order chi connectivity index (χ1) is 3.80. The molecule has 0 aromatic heterocycles. The highest BCUT2D eigenvalue weighted by Crippen LogP contribution is 2.02. The number of aliphatic imine (C=N–C) groups is 1. The van der Waals surface area contributed by atoms with Crippen LogP contribution >= 0.6 is 12.2 Å². The number of hydrogen-bond acceptors (Lipinski definition) is 3. The molecule has 0 amide bonds. The van der Waals surface area contributed by atoms with E-state index in [-0.39, 0.29) is 0 Å². The molecule has 40 valence electrons. The lowest BCUT2D eigenvalue weighted by atomic mass is 10.5. The van der Waals surface area contributed by atoms with E-state index < -0.39 is 0 Å². The van der Waals surface area contributed by atoms with Crippen LogP contribution < -0.4 is 0 Å². The van der Waals surface area contributed by atoms with Crippen molar-refractivity contribution in [3.63, 3.8) is 0 Å². The summed E-state index contributed by atoms with van der Waals surface area (Å²) in [7, 11) is 0. The first kappa shape index (κ1) is 5.24. The van der Waals surface area contributed by atoms with E-state index >= 15 is 0 Å². The number of hydrogen-bond donors (Lipinski definition) is 0. The molecule has 0 unspecified atom stereocenters. The second kappa shape index (κ2) is 1.92. The molecular formula is C4H3N3S. The largest absolute Gasteiger partial charge is 0.221 e. The van der Waals surface area contributed by atoms with Crippen molar-refractivity contribution < 1.29 is 0 Å². The average molecular weight is 125 g/mol. The van der Waals surface area contributed by atoms with Gasteiger partial charge in [0.1, 0.15) is 12.0 Å². The minimum atomic E-state index is 0.417. The third kappa shape index (κ3) is 0.840. The highest BCUT2D eigenvalue weighted by molar-refractivity contribution is 7.80. The molecule has 1 aliphatic heterocycles. The molecule has 1 heterocycles. The van der Waals surface area contributed by atoms with Crippen LogP contribution in [0.3, 0.4) is 0 Å². The fraction of sp³-hybridized carbons (Fsp3) is 0. The summed E-state index contributed by atoms with van der Waals surface area (Å²) in [6.07, 6.45) is 1.30. The van der Waals surface area contributed by atoms with E-state index in [1.165, 1.54) is 6.34 Å². The van der Waals surface area contributed by atoms with Gasteiger partial charge in [-0.15, -0.1) is 10.2 Å². The summed E-state index contributed by atoms with van der Waals surface area (Å²) in [5.74, 6) is 0. The fourth-order valence-corrected chi connectivity index (χ4v) is 0.379. The molecule has 3 nitrogen and oxygen atoms in total. The average Bonchev–Trinajstić information content (AvgIpc) is 1.77. The number of azo groups is 1. The quantitative estimate of drug-likeness (QED) is 0.355. The minimum Gasteiger partial charge on any atom is -0.221 e. The van der Waals surface area contributed by atoms with Crippen molar-refractivity contribution in [2.75, 3.05) is 0 Å². The summed E-state index contributed by atoms with van der Waals surface area (Å²) in [6, 6.07) is 0. The maximum Gasteiger partial charge on any atom is 0.154 e. The summed E-state index contributed by atoms with van der Waals surface area (Å²) >= 11 is 4.68. The van der Waals surface area contributed by atoms with Gasteiger partial charge in [0, 0.05) is 0 Å². The van der Waals surface area contributed by atoms with Crippen LogP contribution in [-0.4, -0.2) is 11.3 Å². The van der Waals surface area contributed by atoms with Gasteiger partial charge in [0.2, 0.25) is 0 Å². The summed E-state index contributed by atoms with van der Waals surface area (Å²) in [5, 5.41) is 7.01. The zero-order valence-electron chi connectivity index (χ0n) is 4.03. The predicted octanol–water partition coefficient (Wildman–Crippen LogP) is 1.32. The zero-order chi connectivity index (χ0) is 5.98. The standard InChI is InChI=1S/C4H3N3S/c1-3-4(8)5-2-6-7-3/h2H,1H2. The van der Waals surface area contributed by atoms with Crippen LogP contribution in [0.2, 0.25) is 0 Å². The third-order valence-corrected chi connectivity index (χ3v) is 0.993. The molecule has 0 atom stereocenters. The molecule has 0 radical (unpaired) electrons. The fourth-order valence-electron chi connectivity index (χ4n) is 0.291. The lowest BCUT2D eigenvalue weighted by Gasteiger charge is -1.94. The monoisotopic (exact) mass is 125 g/mol. The van der Waals surface area contributed by atoms with Gasteiger partial charge in [0.05, 0.1) is 0 Å².